The van der Waals surface area contributed by atoms with E-state index in [0.717, 1.165) is 19.4 Å². The Hall–Kier alpha value is -1.21. The van der Waals surface area contributed by atoms with Crippen LogP contribution in [-0.2, 0) is 0 Å². The lowest BCUT2D eigenvalue weighted by Crippen LogP contribution is -2.46. The molecule has 1 aromatic heterocycles. The zero-order valence-electron chi connectivity index (χ0n) is 10.9. The first-order chi connectivity index (χ1) is 8.82. The number of aromatic nitrogens is 1. The molecule has 2 rings (SSSR count). The Morgan fingerprint density at radius 1 is 1.63 bits per heavy atom. The maximum atomic E-state index is 10.9. The van der Waals surface area contributed by atoms with Crippen LogP contribution in [-0.4, -0.2) is 33.7 Å². The normalized spacial score (nSPS) is 23.5. The highest BCUT2D eigenvalue weighted by Crippen LogP contribution is 2.35. The lowest BCUT2D eigenvalue weighted by molar-refractivity contribution is -0.385. The van der Waals surface area contributed by atoms with Gasteiger partial charge in [-0.2, -0.15) is 0 Å². The number of piperidine rings is 1. The van der Waals surface area contributed by atoms with E-state index in [4.69, 9.17) is 0 Å². The minimum absolute atomic E-state index is 0.000561. The van der Waals surface area contributed by atoms with Crippen LogP contribution in [0.1, 0.15) is 25.3 Å². The third kappa shape index (κ3) is 2.87. The Bertz CT molecular complexity index is 519. The summed E-state index contributed by atoms with van der Waals surface area (Å²) in [7, 11) is 0. The van der Waals surface area contributed by atoms with E-state index in [0.29, 0.717) is 22.4 Å². The molecule has 1 aliphatic heterocycles. The van der Waals surface area contributed by atoms with Crippen molar-refractivity contribution in [2.75, 3.05) is 18.0 Å². The smallest absolute Gasteiger partial charge is 0.291 e. The van der Waals surface area contributed by atoms with Crippen LogP contribution < -0.4 is 4.90 Å². The zero-order valence-corrected chi connectivity index (χ0v) is 12.5. The molecule has 1 atom stereocenters. The summed E-state index contributed by atoms with van der Waals surface area (Å²) in [6.07, 6.45) is 2.91. The largest absolute Gasteiger partial charge is 0.388 e. The number of nitro groups is 1. The van der Waals surface area contributed by atoms with Gasteiger partial charge in [0.2, 0.25) is 0 Å². The van der Waals surface area contributed by atoms with Gasteiger partial charge in [0.25, 0.3) is 5.69 Å². The fraction of sp³-hybridized carbons (Fsp3) is 0.583. The molecule has 1 saturated heterocycles. The quantitative estimate of drug-likeness (QED) is 0.665. The SMILES string of the molecule is Cc1c([N+](=O)[O-])cnc(N2CCCC(C)(O)C2)c1Br. The van der Waals surface area contributed by atoms with E-state index >= 15 is 0 Å². The highest BCUT2D eigenvalue weighted by atomic mass is 79.9. The molecule has 1 aliphatic rings. The van der Waals surface area contributed by atoms with Crippen molar-refractivity contribution in [3.63, 3.8) is 0 Å². The molecule has 0 saturated carbocycles. The minimum atomic E-state index is -0.741. The van der Waals surface area contributed by atoms with Gasteiger partial charge in [0.1, 0.15) is 12.0 Å². The predicted octanol–water partition coefficient (Wildman–Crippen LogP) is 2.41. The monoisotopic (exact) mass is 329 g/mol. The highest BCUT2D eigenvalue weighted by Gasteiger charge is 2.31. The predicted molar refractivity (Wildman–Crippen MR) is 75.4 cm³/mol. The number of pyridine rings is 1. The van der Waals surface area contributed by atoms with Crippen LogP contribution in [0.3, 0.4) is 0 Å². The lowest BCUT2D eigenvalue weighted by atomic mass is 9.95. The van der Waals surface area contributed by atoms with Gasteiger partial charge in [-0.3, -0.25) is 10.1 Å². The molecule has 0 amide bonds. The second kappa shape index (κ2) is 5.05. The van der Waals surface area contributed by atoms with Crippen molar-refractivity contribution in [3.05, 3.63) is 26.3 Å². The van der Waals surface area contributed by atoms with E-state index in [1.807, 2.05) is 4.90 Å². The molecular formula is C12H16BrN3O3. The summed E-state index contributed by atoms with van der Waals surface area (Å²) in [6, 6.07) is 0. The number of aliphatic hydroxyl groups is 1. The van der Waals surface area contributed by atoms with Crippen LogP contribution in [0.2, 0.25) is 0 Å². The summed E-state index contributed by atoms with van der Waals surface area (Å²) >= 11 is 3.38. The third-order valence-electron chi connectivity index (χ3n) is 3.39. The number of hydrogen-bond acceptors (Lipinski definition) is 5. The summed E-state index contributed by atoms with van der Waals surface area (Å²) in [6.45, 7) is 4.76. The molecule has 2 heterocycles. The van der Waals surface area contributed by atoms with Gasteiger partial charge in [0.15, 0.2) is 0 Å². The van der Waals surface area contributed by atoms with Crippen LogP contribution in [0.5, 0.6) is 0 Å². The fourth-order valence-corrected chi connectivity index (χ4v) is 2.92. The van der Waals surface area contributed by atoms with Crippen LogP contribution in [0.4, 0.5) is 11.5 Å². The molecule has 1 N–H and O–H groups in total. The van der Waals surface area contributed by atoms with Crippen molar-refractivity contribution in [2.45, 2.75) is 32.3 Å². The number of β-amino-alcohol motifs (C(OH)–C–C–N with tert-alkyl or cyclic N) is 1. The lowest BCUT2D eigenvalue weighted by Gasteiger charge is -2.38. The van der Waals surface area contributed by atoms with E-state index in [9.17, 15) is 15.2 Å². The van der Waals surface area contributed by atoms with Crippen LogP contribution in [0.15, 0.2) is 10.7 Å². The fourth-order valence-electron chi connectivity index (χ4n) is 2.36. The van der Waals surface area contributed by atoms with Gasteiger partial charge in [0, 0.05) is 18.7 Å². The number of rotatable bonds is 2. The molecule has 1 aromatic rings. The van der Waals surface area contributed by atoms with Crippen LogP contribution >= 0.6 is 15.9 Å². The number of halogens is 1. The van der Waals surface area contributed by atoms with Crippen molar-refractivity contribution >= 4 is 27.4 Å². The van der Waals surface area contributed by atoms with Crippen molar-refractivity contribution in [1.29, 1.82) is 0 Å². The van der Waals surface area contributed by atoms with E-state index in [-0.39, 0.29) is 5.69 Å². The van der Waals surface area contributed by atoms with Gasteiger partial charge >= 0.3 is 0 Å². The summed E-state index contributed by atoms with van der Waals surface area (Å²) in [5.41, 5.74) is -0.186. The molecule has 0 spiro atoms. The van der Waals surface area contributed by atoms with E-state index in [1.54, 1.807) is 13.8 Å². The second-order valence-electron chi connectivity index (χ2n) is 5.19. The molecule has 6 nitrogen and oxygen atoms in total. The zero-order chi connectivity index (χ0) is 14.2. The maximum Gasteiger partial charge on any atom is 0.291 e. The van der Waals surface area contributed by atoms with Crippen molar-refractivity contribution < 1.29 is 10.0 Å². The first-order valence-corrected chi connectivity index (χ1v) is 6.88. The van der Waals surface area contributed by atoms with E-state index in [1.165, 1.54) is 6.20 Å². The van der Waals surface area contributed by atoms with Gasteiger partial charge < -0.3 is 10.0 Å². The highest BCUT2D eigenvalue weighted by molar-refractivity contribution is 9.10. The molecule has 0 aromatic carbocycles. The Kier molecular flexibility index (Phi) is 3.78. The Morgan fingerprint density at radius 3 is 2.89 bits per heavy atom. The van der Waals surface area contributed by atoms with Gasteiger partial charge in [-0.1, -0.05) is 0 Å². The van der Waals surface area contributed by atoms with E-state index < -0.39 is 10.5 Å². The molecule has 1 fully saturated rings. The number of anilines is 1. The maximum absolute atomic E-state index is 10.9. The van der Waals surface area contributed by atoms with Gasteiger partial charge in [-0.05, 0) is 42.6 Å². The second-order valence-corrected chi connectivity index (χ2v) is 5.98. The van der Waals surface area contributed by atoms with Crippen molar-refractivity contribution in [2.24, 2.45) is 0 Å². The van der Waals surface area contributed by atoms with Crippen LogP contribution in [0.25, 0.3) is 0 Å². The number of hydrogen-bond donors (Lipinski definition) is 1. The Balaban J connectivity index is 2.36. The topological polar surface area (TPSA) is 79.5 Å². The van der Waals surface area contributed by atoms with Crippen molar-refractivity contribution in [1.82, 2.24) is 4.98 Å². The van der Waals surface area contributed by atoms with E-state index in [2.05, 4.69) is 20.9 Å². The number of nitrogens with zero attached hydrogens (tertiary/aromatic N) is 3. The molecule has 7 heteroatoms. The molecule has 0 radical (unpaired) electrons. The summed E-state index contributed by atoms with van der Waals surface area (Å²) in [4.78, 5) is 16.6. The molecule has 0 aliphatic carbocycles. The minimum Gasteiger partial charge on any atom is -0.388 e. The first kappa shape index (κ1) is 14.2. The average molecular weight is 330 g/mol. The summed E-state index contributed by atoms with van der Waals surface area (Å²) in [5.74, 6) is 0.656. The molecule has 0 bridgehead atoms. The first-order valence-electron chi connectivity index (χ1n) is 6.08. The Morgan fingerprint density at radius 2 is 2.32 bits per heavy atom. The molecule has 1 unspecified atom stereocenters. The van der Waals surface area contributed by atoms with Gasteiger partial charge in [-0.25, -0.2) is 4.98 Å². The summed E-state index contributed by atoms with van der Waals surface area (Å²) < 4.78 is 0.624. The van der Waals surface area contributed by atoms with Gasteiger partial charge in [-0.15, -0.1) is 0 Å². The molecular weight excluding hydrogens is 314 g/mol. The van der Waals surface area contributed by atoms with Gasteiger partial charge in [0.05, 0.1) is 15.0 Å². The Labute approximate surface area is 119 Å². The summed E-state index contributed by atoms with van der Waals surface area (Å²) in [5, 5.41) is 21.0. The van der Waals surface area contributed by atoms with Crippen LogP contribution in [0, 0.1) is 17.0 Å². The van der Waals surface area contributed by atoms with Crippen molar-refractivity contribution in [3.8, 4) is 0 Å². The standard InChI is InChI=1S/C12H16BrN3O3/c1-8-9(16(18)19)6-14-11(10(8)13)15-5-3-4-12(2,17)7-15/h6,17H,3-5,7H2,1-2H3. The third-order valence-corrected chi connectivity index (χ3v) is 4.34. The molecule has 19 heavy (non-hydrogen) atoms. The average Bonchev–Trinajstić information content (AvgIpc) is 2.30. The molecule has 104 valence electrons.